The summed E-state index contributed by atoms with van der Waals surface area (Å²) in [6, 6.07) is 13.9. The first kappa shape index (κ1) is 21.3. The van der Waals surface area contributed by atoms with Crippen molar-refractivity contribution in [1.82, 2.24) is 15.0 Å². The fraction of sp³-hybridized carbons (Fsp3) is 0.190. The third-order valence-corrected chi connectivity index (χ3v) is 4.81. The van der Waals surface area contributed by atoms with E-state index in [4.69, 9.17) is 26.8 Å². The molecule has 1 atom stereocenters. The lowest BCUT2D eigenvalue weighted by atomic mass is 10.2. The van der Waals surface area contributed by atoms with Gasteiger partial charge in [0, 0.05) is 17.6 Å². The summed E-state index contributed by atoms with van der Waals surface area (Å²) < 4.78 is 11.1. The van der Waals surface area contributed by atoms with E-state index >= 15 is 0 Å². The molecular weight excluding hydrogens is 436 g/mol. The fourth-order valence-corrected chi connectivity index (χ4v) is 3.23. The van der Waals surface area contributed by atoms with Crippen molar-refractivity contribution in [3.05, 3.63) is 59.4 Å². The molecule has 0 saturated carbocycles. The van der Waals surface area contributed by atoms with Crippen LogP contribution in [0.15, 0.2) is 48.5 Å². The Balaban J connectivity index is 1.43. The molecular formula is C21H19ClN6O4. The summed E-state index contributed by atoms with van der Waals surface area (Å²) in [5.74, 6) is -0.125. The lowest BCUT2D eigenvalue weighted by molar-refractivity contribution is -0.153. The summed E-state index contributed by atoms with van der Waals surface area (Å²) >= 11 is 5.88. The zero-order valence-electron chi connectivity index (χ0n) is 17.0. The monoisotopic (exact) mass is 454 g/mol. The normalized spacial score (nSPS) is 14.8. The molecule has 1 aromatic heterocycles. The molecule has 4 rings (SSSR count). The van der Waals surface area contributed by atoms with E-state index in [1.807, 2.05) is 0 Å². The van der Waals surface area contributed by atoms with Gasteiger partial charge in [-0.25, -0.2) is 4.79 Å². The Labute approximate surface area is 188 Å². The van der Waals surface area contributed by atoms with Crippen LogP contribution in [-0.4, -0.2) is 39.5 Å². The molecule has 1 aliphatic rings. The number of amides is 1. The van der Waals surface area contributed by atoms with Crippen LogP contribution in [0.5, 0.6) is 5.75 Å². The van der Waals surface area contributed by atoms with Crippen LogP contribution in [0.2, 0.25) is 5.02 Å². The van der Waals surface area contributed by atoms with Crippen LogP contribution in [0.4, 0.5) is 23.3 Å². The predicted molar refractivity (Wildman–Crippen MR) is 118 cm³/mol. The van der Waals surface area contributed by atoms with Crippen LogP contribution < -0.4 is 20.7 Å². The summed E-state index contributed by atoms with van der Waals surface area (Å²) in [6.07, 6.45) is -0.986. The van der Waals surface area contributed by atoms with E-state index in [2.05, 4.69) is 20.3 Å². The molecule has 164 valence electrons. The molecule has 0 aliphatic carbocycles. The number of nitrogens with zero attached hydrogens (tertiary/aromatic N) is 4. The van der Waals surface area contributed by atoms with E-state index < -0.39 is 12.1 Å². The Morgan fingerprint density at radius 2 is 1.94 bits per heavy atom. The zero-order valence-corrected chi connectivity index (χ0v) is 17.7. The highest BCUT2D eigenvalue weighted by atomic mass is 35.5. The molecule has 0 bridgehead atoms. The lowest BCUT2D eigenvalue weighted by Crippen LogP contribution is -2.47. The highest BCUT2D eigenvalue weighted by Gasteiger charge is 2.33. The number of nitrogens with two attached hydrogens (primary N) is 1. The van der Waals surface area contributed by atoms with Crippen LogP contribution in [0.25, 0.3) is 0 Å². The van der Waals surface area contributed by atoms with E-state index in [1.54, 1.807) is 48.5 Å². The van der Waals surface area contributed by atoms with Gasteiger partial charge < -0.3 is 25.4 Å². The summed E-state index contributed by atoms with van der Waals surface area (Å²) in [5.41, 5.74) is 7.06. The Kier molecular flexibility index (Phi) is 6.04. The van der Waals surface area contributed by atoms with E-state index in [-0.39, 0.29) is 36.8 Å². The van der Waals surface area contributed by atoms with E-state index in [0.717, 1.165) is 0 Å². The first-order chi connectivity index (χ1) is 15.4. The zero-order chi connectivity index (χ0) is 22.7. The highest BCUT2D eigenvalue weighted by Crippen LogP contribution is 2.33. The van der Waals surface area contributed by atoms with Crippen LogP contribution in [0.3, 0.4) is 0 Å². The predicted octanol–water partition coefficient (Wildman–Crippen LogP) is 2.71. The van der Waals surface area contributed by atoms with Crippen molar-refractivity contribution in [3.8, 4) is 5.75 Å². The number of halogens is 1. The minimum atomic E-state index is -0.986. The fourth-order valence-electron chi connectivity index (χ4n) is 3.10. The molecule has 11 heteroatoms. The number of hydrogen-bond donors (Lipinski definition) is 2. The molecule has 1 amide bonds. The van der Waals surface area contributed by atoms with Crippen LogP contribution >= 0.6 is 11.6 Å². The molecule has 10 nitrogen and oxygen atoms in total. The Bertz CT molecular complexity index is 1160. The maximum atomic E-state index is 12.6. The number of carbonyl (C=O) groups is 2. The molecule has 0 radical (unpaired) electrons. The minimum absolute atomic E-state index is 0.0342. The van der Waals surface area contributed by atoms with Crippen molar-refractivity contribution in [1.29, 1.82) is 0 Å². The molecule has 32 heavy (non-hydrogen) atoms. The first-order valence-corrected chi connectivity index (χ1v) is 10.0. The quantitative estimate of drug-likeness (QED) is 0.558. The van der Waals surface area contributed by atoms with Gasteiger partial charge in [-0.3, -0.25) is 4.79 Å². The van der Waals surface area contributed by atoms with Gasteiger partial charge in [-0.05, 0) is 36.4 Å². The Hall–Kier alpha value is -3.92. The molecule has 0 fully saturated rings. The highest BCUT2D eigenvalue weighted by molar-refractivity contribution is 6.30. The largest absolute Gasteiger partial charge is 0.475 e. The number of nitrogens with one attached hydrogen (secondary N) is 1. The first-order valence-electron chi connectivity index (χ1n) is 9.62. The van der Waals surface area contributed by atoms with Gasteiger partial charge in [-0.1, -0.05) is 23.7 Å². The van der Waals surface area contributed by atoms with Gasteiger partial charge in [-0.15, -0.1) is 0 Å². The van der Waals surface area contributed by atoms with Crippen LogP contribution in [-0.2, 0) is 20.9 Å². The summed E-state index contributed by atoms with van der Waals surface area (Å²) in [5, 5.41) is 3.57. The summed E-state index contributed by atoms with van der Waals surface area (Å²) in [7, 11) is 0. The molecule has 1 aliphatic heterocycles. The average molecular weight is 455 g/mol. The standard InChI is InChI=1S/C21H19ClN6O4/c1-12(29)28-10-17(32-16-5-3-2-4-15(16)28)19(30)31-11-18-25-20(23)27-21(26-18)24-14-8-6-13(22)7-9-14/h2-9,17H,10-11H2,1H3,(H3,23,24,25,26,27). The van der Waals surface area contributed by atoms with Gasteiger partial charge in [0.05, 0.1) is 12.2 Å². The van der Waals surface area contributed by atoms with Crippen molar-refractivity contribution < 1.29 is 19.1 Å². The van der Waals surface area contributed by atoms with Gasteiger partial charge in [-0.2, -0.15) is 15.0 Å². The topological polar surface area (TPSA) is 133 Å². The molecule has 3 N–H and O–H groups in total. The van der Waals surface area contributed by atoms with Gasteiger partial charge >= 0.3 is 5.97 Å². The van der Waals surface area contributed by atoms with Gasteiger partial charge in [0.15, 0.2) is 12.4 Å². The number of rotatable bonds is 5. The van der Waals surface area contributed by atoms with Gasteiger partial charge in [0.25, 0.3) is 0 Å². The maximum Gasteiger partial charge on any atom is 0.349 e. The van der Waals surface area contributed by atoms with E-state index in [0.29, 0.717) is 22.1 Å². The van der Waals surface area contributed by atoms with Gasteiger partial charge in [0.1, 0.15) is 5.75 Å². The second-order valence-electron chi connectivity index (χ2n) is 6.88. The number of esters is 1. The molecule has 0 spiro atoms. The Morgan fingerprint density at radius 3 is 2.69 bits per heavy atom. The molecule has 1 unspecified atom stereocenters. The van der Waals surface area contributed by atoms with Gasteiger partial charge in [0.2, 0.25) is 23.9 Å². The number of anilines is 4. The average Bonchev–Trinajstić information content (AvgIpc) is 2.78. The minimum Gasteiger partial charge on any atom is -0.475 e. The summed E-state index contributed by atoms with van der Waals surface area (Å²) in [6.45, 7) is 1.21. The van der Waals surface area contributed by atoms with Crippen molar-refractivity contribution in [3.63, 3.8) is 0 Å². The molecule has 3 aromatic rings. The van der Waals surface area contributed by atoms with Crippen molar-refractivity contribution >= 4 is 46.7 Å². The second kappa shape index (κ2) is 9.06. The van der Waals surface area contributed by atoms with Crippen molar-refractivity contribution in [2.75, 3.05) is 22.5 Å². The number of ether oxygens (including phenoxy) is 2. The van der Waals surface area contributed by atoms with E-state index in [1.165, 1.54) is 11.8 Å². The third kappa shape index (κ3) is 4.86. The lowest BCUT2D eigenvalue weighted by Gasteiger charge is -2.33. The van der Waals surface area contributed by atoms with Crippen molar-refractivity contribution in [2.24, 2.45) is 0 Å². The second-order valence-corrected chi connectivity index (χ2v) is 7.31. The molecule has 2 aromatic carbocycles. The molecule has 2 heterocycles. The van der Waals surface area contributed by atoms with Crippen LogP contribution in [0.1, 0.15) is 12.7 Å². The molecule has 0 saturated heterocycles. The van der Waals surface area contributed by atoms with Crippen LogP contribution in [0, 0.1) is 0 Å². The summed E-state index contributed by atoms with van der Waals surface area (Å²) in [4.78, 5) is 38.4. The number of hydrogen-bond acceptors (Lipinski definition) is 9. The number of nitrogen functional groups attached to an aromatic ring is 1. The number of benzene rings is 2. The SMILES string of the molecule is CC(=O)N1CC(C(=O)OCc2nc(N)nc(Nc3ccc(Cl)cc3)n2)Oc2ccccc21. The number of aromatic nitrogens is 3. The smallest absolute Gasteiger partial charge is 0.349 e. The Morgan fingerprint density at radius 1 is 1.19 bits per heavy atom. The number of carbonyl (C=O) groups excluding carboxylic acids is 2. The van der Waals surface area contributed by atoms with Crippen molar-refractivity contribution in [2.45, 2.75) is 19.6 Å². The van der Waals surface area contributed by atoms with E-state index in [9.17, 15) is 9.59 Å². The third-order valence-electron chi connectivity index (χ3n) is 4.56. The number of fused-ring (bicyclic) bond motifs is 1. The number of para-hydroxylation sites is 2. The maximum absolute atomic E-state index is 12.6.